The maximum absolute atomic E-state index is 4.89. The van der Waals surface area contributed by atoms with Crippen LogP contribution in [-0.2, 0) is 0 Å². The van der Waals surface area contributed by atoms with Crippen molar-refractivity contribution in [2.45, 2.75) is 6.92 Å². The molecule has 0 radical (unpaired) electrons. The zero-order chi connectivity index (χ0) is 21.2. The Bertz CT molecular complexity index is 1450. The molecule has 5 aromatic rings. The minimum Gasteiger partial charge on any atom is -0.338 e. The van der Waals surface area contributed by atoms with E-state index in [9.17, 15) is 0 Å². The zero-order valence-corrected chi connectivity index (χ0v) is 17.0. The second kappa shape index (κ2) is 7.84. The first kappa shape index (κ1) is 18.7. The number of aromatic nitrogens is 6. The molecule has 5 rings (SSSR count). The van der Waals surface area contributed by atoms with Crippen molar-refractivity contribution in [2.24, 2.45) is 0 Å². The fraction of sp³-hybridized carbons (Fsp3) is 0.0400. The fourth-order valence-corrected chi connectivity index (χ4v) is 3.68. The summed E-state index contributed by atoms with van der Waals surface area (Å²) in [4.78, 5) is 17.0. The van der Waals surface area contributed by atoms with Crippen LogP contribution in [0.15, 0.2) is 85.9 Å². The van der Waals surface area contributed by atoms with E-state index in [0.29, 0.717) is 0 Å². The van der Waals surface area contributed by atoms with Crippen molar-refractivity contribution in [3.8, 4) is 22.5 Å². The van der Waals surface area contributed by atoms with Crippen molar-refractivity contribution in [1.82, 2.24) is 30.1 Å². The van der Waals surface area contributed by atoms with Gasteiger partial charge < -0.3 is 4.98 Å². The first-order valence-electron chi connectivity index (χ1n) is 9.98. The van der Waals surface area contributed by atoms with Gasteiger partial charge in [0.1, 0.15) is 16.9 Å². The lowest BCUT2D eigenvalue weighted by Gasteiger charge is -2.02. The van der Waals surface area contributed by atoms with Crippen LogP contribution in [0, 0.1) is 0 Å². The summed E-state index contributed by atoms with van der Waals surface area (Å²) < 4.78 is 0. The molecule has 150 valence electrons. The largest absolute Gasteiger partial charge is 0.338 e. The average molecular weight is 404 g/mol. The fourth-order valence-electron chi connectivity index (χ4n) is 3.68. The molecule has 2 N–H and O–H groups in total. The van der Waals surface area contributed by atoms with Crippen molar-refractivity contribution >= 4 is 27.6 Å². The molecule has 0 unspecified atom stereocenters. The van der Waals surface area contributed by atoms with E-state index >= 15 is 0 Å². The number of hydrogen-bond acceptors (Lipinski definition) is 4. The highest BCUT2D eigenvalue weighted by Crippen LogP contribution is 2.32. The van der Waals surface area contributed by atoms with Gasteiger partial charge in [0.2, 0.25) is 0 Å². The molecule has 5 heterocycles. The second-order valence-corrected chi connectivity index (χ2v) is 7.05. The summed E-state index contributed by atoms with van der Waals surface area (Å²) in [6.45, 7) is 5.74. The first-order valence-corrected chi connectivity index (χ1v) is 9.98. The van der Waals surface area contributed by atoms with E-state index in [4.69, 9.17) is 4.98 Å². The number of nitrogens with one attached hydrogen (secondary N) is 2. The van der Waals surface area contributed by atoms with Crippen LogP contribution in [0.25, 0.3) is 50.2 Å². The molecule has 0 aromatic carbocycles. The van der Waals surface area contributed by atoms with Gasteiger partial charge in [-0.3, -0.25) is 10.1 Å². The van der Waals surface area contributed by atoms with Gasteiger partial charge in [0, 0.05) is 29.5 Å². The van der Waals surface area contributed by atoms with E-state index < -0.39 is 0 Å². The Morgan fingerprint density at radius 3 is 2.87 bits per heavy atom. The number of rotatable bonds is 5. The lowest BCUT2D eigenvalue weighted by molar-refractivity contribution is 1.12. The van der Waals surface area contributed by atoms with Gasteiger partial charge in [0.25, 0.3) is 0 Å². The van der Waals surface area contributed by atoms with Gasteiger partial charge in [0.15, 0.2) is 0 Å². The molecule has 0 bridgehead atoms. The monoisotopic (exact) mass is 404 g/mol. The van der Waals surface area contributed by atoms with Crippen LogP contribution in [0.5, 0.6) is 0 Å². The third-order valence-corrected chi connectivity index (χ3v) is 5.19. The van der Waals surface area contributed by atoms with Gasteiger partial charge in [-0.05, 0) is 48.4 Å². The summed E-state index contributed by atoms with van der Waals surface area (Å²) in [5, 5.41) is 8.64. The Morgan fingerprint density at radius 2 is 2.06 bits per heavy atom. The molecule has 0 amide bonds. The summed E-state index contributed by atoms with van der Waals surface area (Å²) in [5.74, 6) is 0. The van der Waals surface area contributed by atoms with Crippen molar-refractivity contribution in [3.05, 3.63) is 91.6 Å². The number of hydrogen-bond donors (Lipinski definition) is 2. The SMILES string of the molecule is C=C/C=C\C(=C/C)c1ccc2[nH]nc(-c3cc4c(-c5cccnc5)ccnc4[nH]3)c2n1. The number of pyridine rings is 3. The van der Waals surface area contributed by atoms with Crippen LogP contribution in [0.2, 0.25) is 0 Å². The summed E-state index contributed by atoms with van der Waals surface area (Å²) in [7, 11) is 0. The highest BCUT2D eigenvalue weighted by molar-refractivity contribution is 5.98. The smallest absolute Gasteiger partial charge is 0.138 e. The standard InChI is InChI=1S/C25H20N6/c1-3-5-7-16(4-2)20-9-10-21-23(28-20)24(31-30-21)22-14-19-18(11-13-27-25(19)29-22)17-8-6-12-26-15-17/h3-15H,1H2,2H3,(H,27,29)(H,30,31)/b7-5-,16-4+. The molecular formula is C25H20N6. The molecular weight excluding hydrogens is 384 g/mol. The van der Waals surface area contributed by atoms with Crippen molar-refractivity contribution < 1.29 is 0 Å². The summed E-state index contributed by atoms with van der Waals surface area (Å²) in [6.07, 6.45) is 13.1. The Kier molecular flexibility index (Phi) is 4.72. The summed E-state index contributed by atoms with van der Waals surface area (Å²) >= 11 is 0. The number of nitrogens with zero attached hydrogens (tertiary/aromatic N) is 4. The summed E-state index contributed by atoms with van der Waals surface area (Å²) in [5.41, 5.74) is 8.10. The topological polar surface area (TPSA) is 83.1 Å². The van der Waals surface area contributed by atoms with Crippen molar-refractivity contribution in [1.29, 1.82) is 0 Å². The Morgan fingerprint density at radius 1 is 1.13 bits per heavy atom. The van der Waals surface area contributed by atoms with Gasteiger partial charge in [-0.1, -0.05) is 36.9 Å². The lowest BCUT2D eigenvalue weighted by Crippen LogP contribution is -1.88. The molecule has 0 aliphatic carbocycles. The number of allylic oxidation sites excluding steroid dienone is 5. The Balaban J connectivity index is 1.65. The van der Waals surface area contributed by atoms with Crippen LogP contribution in [0.1, 0.15) is 12.6 Å². The van der Waals surface area contributed by atoms with E-state index in [1.807, 2.05) is 61.7 Å². The molecule has 6 nitrogen and oxygen atoms in total. The molecule has 0 aliphatic rings. The third-order valence-electron chi connectivity index (χ3n) is 5.19. The van der Waals surface area contributed by atoms with Crippen LogP contribution in [0.4, 0.5) is 0 Å². The highest BCUT2D eigenvalue weighted by atomic mass is 15.1. The van der Waals surface area contributed by atoms with Crippen molar-refractivity contribution in [2.75, 3.05) is 0 Å². The molecule has 0 spiro atoms. The van der Waals surface area contributed by atoms with E-state index in [-0.39, 0.29) is 0 Å². The molecule has 0 aliphatic heterocycles. The Labute approximate surface area is 179 Å². The number of aromatic amines is 2. The van der Waals surface area contributed by atoms with Gasteiger partial charge >= 0.3 is 0 Å². The minimum absolute atomic E-state index is 0.759. The zero-order valence-electron chi connectivity index (χ0n) is 17.0. The molecule has 0 saturated heterocycles. The molecule has 0 atom stereocenters. The summed E-state index contributed by atoms with van der Waals surface area (Å²) in [6, 6.07) is 12.0. The number of H-pyrrole nitrogens is 2. The Hall–Kier alpha value is -4.32. The quantitative estimate of drug-likeness (QED) is 0.368. The van der Waals surface area contributed by atoms with Crippen LogP contribution in [-0.4, -0.2) is 30.1 Å². The van der Waals surface area contributed by atoms with Crippen LogP contribution < -0.4 is 0 Å². The molecule has 0 saturated carbocycles. The van der Waals surface area contributed by atoms with Gasteiger partial charge in [0.05, 0.1) is 16.9 Å². The van der Waals surface area contributed by atoms with Crippen LogP contribution >= 0.6 is 0 Å². The highest BCUT2D eigenvalue weighted by Gasteiger charge is 2.16. The average Bonchev–Trinajstić information content (AvgIpc) is 3.43. The predicted octanol–water partition coefficient (Wildman–Crippen LogP) is 5.71. The van der Waals surface area contributed by atoms with Crippen molar-refractivity contribution in [3.63, 3.8) is 0 Å². The second-order valence-electron chi connectivity index (χ2n) is 7.05. The van der Waals surface area contributed by atoms with E-state index in [1.54, 1.807) is 18.5 Å². The first-order chi connectivity index (χ1) is 15.3. The van der Waals surface area contributed by atoms with Gasteiger partial charge in [-0.2, -0.15) is 5.10 Å². The maximum Gasteiger partial charge on any atom is 0.138 e. The lowest BCUT2D eigenvalue weighted by atomic mass is 10.1. The predicted molar refractivity (Wildman–Crippen MR) is 125 cm³/mol. The normalized spacial score (nSPS) is 12.2. The van der Waals surface area contributed by atoms with E-state index in [0.717, 1.165) is 55.8 Å². The number of fused-ring (bicyclic) bond motifs is 2. The van der Waals surface area contributed by atoms with E-state index in [1.165, 1.54) is 0 Å². The molecule has 5 aromatic heterocycles. The third kappa shape index (κ3) is 3.34. The van der Waals surface area contributed by atoms with Gasteiger partial charge in [-0.25, -0.2) is 9.97 Å². The molecule has 31 heavy (non-hydrogen) atoms. The molecule has 6 heteroatoms. The van der Waals surface area contributed by atoms with Crippen LogP contribution in [0.3, 0.4) is 0 Å². The maximum atomic E-state index is 4.89. The minimum atomic E-state index is 0.759. The van der Waals surface area contributed by atoms with Gasteiger partial charge in [-0.15, -0.1) is 0 Å². The van der Waals surface area contributed by atoms with E-state index in [2.05, 4.69) is 37.8 Å². The molecule has 0 fully saturated rings.